The number of nitrogens with one attached hydrogen (secondary N) is 1. The second-order valence-corrected chi connectivity index (χ2v) is 9.64. The lowest BCUT2D eigenvalue weighted by atomic mass is 9.92. The maximum Gasteiger partial charge on any atom is 0.326 e. The van der Waals surface area contributed by atoms with Crippen molar-refractivity contribution in [1.29, 1.82) is 0 Å². The Bertz CT molecular complexity index is 1300. The van der Waals surface area contributed by atoms with Crippen LogP contribution in [-0.4, -0.2) is 37.9 Å². The Balaban J connectivity index is 1.57. The maximum absolute atomic E-state index is 12.4. The van der Waals surface area contributed by atoms with Gasteiger partial charge in [0.15, 0.2) is 5.78 Å². The van der Waals surface area contributed by atoms with Gasteiger partial charge in [0.05, 0.1) is 11.6 Å². The van der Waals surface area contributed by atoms with Crippen LogP contribution in [0.15, 0.2) is 54.1 Å². The number of rotatable bonds is 10. The first-order chi connectivity index (χ1) is 17.3. The third-order valence-corrected chi connectivity index (χ3v) is 6.43. The van der Waals surface area contributed by atoms with Crippen LogP contribution < -0.4 is 10.1 Å². The molecular weight excluding hydrogens is 456 g/mol. The number of allylic oxidation sites excluding steroid dienone is 2. The number of carbonyl (C=O) groups is 2. The van der Waals surface area contributed by atoms with Crippen LogP contribution in [0, 0.1) is 12.8 Å². The van der Waals surface area contributed by atoms with Crippen molar-refractivity contribution in [3.8, 4) is 11.6 Å². The van der Waals surface area contributed by atoms with Crippen LogP contribution in [0.2, 0.25) is 0 Å². The zero-order chi connectivity index (χ0) is 25.8. The van der Waals surface area contributed by atoms with Crippen LogP contribution in [0.1, 0.15) is 63.8 Å². The molecule has 3 heterocycles. The fourth-order valence-electron chi connectivity index (χ4n) is 4.70. The number of hydrogen-bond donors (Lipinski definition) is 2. The highest BCUT2D eigenvalue weighted by Crippen LogP contribution is 2.32. The second-order valence-electron chi connectivity index (χ2n) is 9.64. The Hall–Kier alpha value is -3.81. The van der Waals surface area contributed by atoms with Crippen LogP contribution in [0.25, 0.3) is 10.8 Å². The molecule has 4 rings (SSSR count). The van der Waals surface area contributed by atoms with E-state index < -0.39 is 12.0 Å². The van der Waals surface area contributed by atoms with Gasteiger partial charge in [-0.05, 0) is 61.8 Å². The van der Waals surface area contributed by atoms with Crippen molar-refractivity contribution < 1.29 is 19.4 Å². The molecule has 2 N–H and O–H groups in total. The van der Waals surface area contributed by atoms with Gasteiger partial charge in [-0.2, -0.15) is 0 Å². The Morgan fingerprint density at radius 2 is 2.00 bits per heavy atom. The summed E-state index contributed by atoms with van der Waals surface area (Å²) < 4.78 is 6.03. The van der Waals surface area contributed by atoms with E-state index in [0.717, 1.165) is 27.7 Å². The van der Waals surface area contributed by atoms with E-state index in [1.54, 1.807) is 30.7 Å². The number of aromatic nitrogens is 3. The van der Waals surface area contributed by atoms with Gasteiger partial charge in [0.2, 0.25) is 5.88 Å². The van der Waals surface area contributed by atoms with E-state index in [1.165, 1.54) is 0 Å². The number of ether oxygens (including phenoxy) is 1. The minimum absolute atomic E-state index is 0.107. The van der Waals surface area contributed by atoms with Gasteiger partial charge in [0.1, 0.15) is 11.8 Å². The molecule has 36 heavy (non-hydrogen) atoms. The lowest BCUT2D eigenvalue weighted by molar-refractivity contribution is -0.140. The van der Waals surface area contributed by atoms with Crippen molar-refractivity contribution in [3.63, 3.8) is 0 Å². The van der Waals surface area contributed by atoms with Gasteiger partial charge in [0.25, 0.3) is 0 Å². The number of carboxylic acid groups (broad SMARTS) is 1. The summed E-state index contributed by atoms with van der Waals surface area (Å²) in [7, 11) is 0. The molecule has 0 saturated heterocycles. The molecular formula is C28H32N4O4. The molecule has 0 bridgehead atoms. The summed E-state index contributed by atoms with van der Waals surface area (Å²) >= 11 is 0. The number of ketones is 1. The van der Waals surface area contributed by atoms with E-state index in [9.17, 15) is 14.7 Å². The number of aryl methyl sites for hydroxylation is 1. The molecule has 3 aromatic heterocycles. The van der Waals surface area contributed by atoms with E-state index in [1.807, 2.05) is 26.0 Å². The average molecular weight is 489 g/mol. The highest BCUT2D eigenvalue weighted by Gasteiger charge is 2.33. The molecule has 188 valence electrons. The molecule has 0 saturated carbocycles. The van der Waals surface area contributed by atoms with Crippen LogP contribution in [0.5, 0.6) is 11.6 Å². The molecule has 2 unspecified atom stereocenters. The number of carbonyl (C=O) groups excluding carboxylic acids is 1. The van der Waals surface area contributed by atoms with E-state index in [-0.39, 0.29) is 11.7 Å². The molecule has 0 fully saturated rings. The lowest BCUT2D eigenvalue weighted by Crippen LogP contribution is -2.41. The summed E-state index contributed by atoms with van der Waals surface area (Å²) in [6, 6.07) is 6.55. The van der Waals surface area contributed by atoms with E-state index in [4.69, 9.17) is 4.74 Å². The number of hydrogen-bond acceptors (Lipinski definition) is 7. The fraction of sp³-hybridized carbons (Fsp3) is 0.393. The molecule has 0 aromatic carbocycles. The normalized spacial score (nSPS) is 15.4. The molecule has 0 aliphatic heterocycles. The maximum atomic E-state index is 12.4. The smallest absolute Gasteiger partial charge is 0.326 e. The molecule has 0 spiro atoms. The summed E-state index contributed by atoms with van der Waals surface area (Å²) in [6.07, 6.45) is 7.21. The van der Waals surface area contributed by atoms with Gasteiger partial charge >= 0.3 is 5.97 Å². The Morgan fingerprint density at radius 1 is 1.19 bits per heavy atom. The molecule has 2 atom stereocenters. The van der Waals surface area contributed by atoms with Gasteiger partial charge in [-0.15, -0.1) is 0 Å². The Labute approximate surface area is 210 Å². The molecule has 0 radical (unpaired) electrons. The van der Waals surface area contributed by atoms with Crippen LogP contribution in [0.4, 0.5) is 0 Å². The predicted octanol–water partition coefficient (Wildman–Crippen LogP) is 5.33. The summed E-state index contributed by atoms with van der Waals surface area (Å²) in [5.41, 5.74) is 2.95. The van der Waals surface area contributed by atoms with E-state index in [0.29, 0.717) is 48.9 Å². The van der Waals surface area contributed by atoms with Crippen LogP contribution >= 0.6 is 0 Å². The first-order valence-corrected chi connectivity index (χ1v) is 12.4. The van der Waals surface area contributed by atoms with Gasteiger partial charge in [-0.1, -0.05) is 20.8 Å². The van der Waals surface area contributed by atoms with Gasteiger partial charge < -0.3 is 15.2 Å². The molecule has 8 heteroatoms. The number of nitrogens with zero attached hydrogens (tertiary/aromatic N) is 3. The second kappa shape index (κ2) is 10.8. The monoisotopic (exact) mass is 488 g/mol. The molecule has 3 aromatic rings. The average Bonchev–Trinajstić information content (AvgIpc) is 3.18. The van der Waals surface area contributed by atoms with Gasteiger partial charge in [-0.25, -0.2) is 9.78 Å². The first kappa shape index (κ1) is 25.3. The number of aliphatic carboxylic acids is 1. The van der Waals surface area contributed by atoms with Crippen molar-refractivity contribution in [2.75, 3.05) is 0 Å². The van der Waals surface area contributed by atoms with Crippen LogP contribution in [-0.2, 0) is 9.59 Å². The quantitative estimate of drug-likeness (QED) is 0.394. The fourth-order valence-corrected chi connectivity index (χ4v) is 4.70. The van der Waals surface area contributed by atoms with Crippen molar-refractivity contribution in [3.05, 3.63) is 65.5 Å². The summed E-state index contributed by atoms with van der Waals surface area (Å²) in [4.78, 5) is 37.9. The number of Topliss-reactive ketones (excluding diaryl/α,β-unsaturated/α-hetero) is 1. The Morgan fingerprint density at radius 3 is 2.67 bits per heavy atom. The van der Waals surface area contributed by atoms with E-state index >= 15 is 0 Å². The molecule has 1 aliphatic carbocycles. The zero-order valence-corrected chi connectivity index (χ0v) is 21.1. The van der Waals surface area contributed by atoms with Gasteiger partial charge in [-0.3, -0.25) is 14.8 Å². The van der Waals surface area contributed by atoms with Crippen molar-refractivity contribution >= 4 is 22.5 Å². The van der Waals surface area contributed by atoms with E-state index in [2.05, 4.69) is 34.1 Å². The highest BCUT2D eigenvalue weighted by molar-refractivity contribution is 5.98. The van der Waals surface area contributed by atoms with Crippen LogP contribution in [0.3, 0.4) is 0 Å². The summed E-state index contributed by atoms with van der Waals surface area (Å²) in [5.74, 6) is 0.00901. The summed E-state index contributed by atoms with van der Waals surface area (Å²) in [6.45, 7) is 7.95. The Kier molecular flexibility index (Phi) is 7.62. The van der Waals surface area contributed by atoms with Gasteiger partial charge in [0, 0.05) is 47.4 Å². The SMILES string of the molecule is CCC(c1ccc(Oc2nc(C)cc3ccncc23)cn1)C(NC1=C(CC(C)C)C(=O)CC1)C(=O)O. The highest BCUT2D eigenvalue weighted by atomic mass is 16.5. The molecule has 1 aliphatic rings. The minimum Gasteiger partial charge on any atom is -0.480 e. The molecule has 8 nitrogen and oxygen atoms in total. The summed E-state index contributed by atoms with van der Waals surface area (Å²) in [5, 5.41) is 15.1. The van der Waals surface area contributed by atoms with Crippen molar-refractivity contribution in [1.82, 2.24) is 20.3 Å². The van der Waals surface area contributed by atoms with Crippen molar-refractivity contribution in [2.45, 2.75) is 65.3 Å². The largest absolute Gasteiger partial charge is 0.480 e. The predicted molar refractivity (Wildman–Crippen MR) is 137 cm³/mol. The zero-order valence-electron chi connectivity index (χ0n) is 21.1. The first-order valence-electron chi connectivity index (χ1n) is 12.4. The standard InChI is InChI=1S/C28H32N4O4/c1-5-20(26(28(34)35)32-24-8-9-25(33)21(24)12-16(2)3)23-7-6-19(14-30-23)36-27-22-15-29-11-10-18(22)13-17(4)31-27/h6-7,10-11,13-16,20,26,32H,5,8-9,12H2,1-4H3,(H,34,35). The minimum atomic E-state index is -0.970. The number of pyridine rings is 3. The third-order valence-electron chi connectivity index (χ3n) is 6.43. The third kappa shape index (κ3) is 5.53. The topological polar surface area (TPSA) is 114 Å². The number of fused-ring (bicyclic) bond motifs is 1. The number of carboxylic acids is 1. The lowest BCUT2D eigenvalue weighted by Gasteiger charge is -2.26. The molecule has 0 amide bonds. The van der Waals surface area contributed by atoms with Crippen molar-refractivity contribution in [2.24, 2.45) is 5.92 Å².